The monoisotopic (exact) mass is 477 g/mol. The van der Waals surface area contributed by atoms with Gasteiger partial charge in [-0.25, -0.2) is 4.79 Å². The minimum Gasteiger partial charge on any atom is -0.453 e. The van der Waals surface area contributed by atoms with Gasteiger partial charge in [-0.15, -0.1) is 0 Å². The summed E-state index contributed by atoms with van der Waals surface area (Å²) in [6.45, 7) is 3.84. The van der Waals surface area contributed by atoms with Crippen molar-refractivity contribution >= 4 is 39.9 Å². The maximum Gasteiger partial charge on any atom is 0.339 e. The zero-order chi connectivity index (χ0) is 25.4. The smallest absolute Gasteiger partial charge is 0.339 e. The van der Waals surface area contributed by atoms with Crippen molar-refractivity contribution in [3.05, 3.63) is 113 Å². The highest BCUT2D eigenvalue weighted by atomic mass is 16.5. The van der Waals surface area contributed by atoms with Crippen LogP contribution >= 0.6 is 0 Å². The van der Waals surface area contributed by atoms with E-state index in [0.29, 0.717) is 11.3 Å². The zero-order valence-corrected chi connectivity index (χ0v) is 19.8. The number of Topliss-reactive ketones (excluding diaryl/α,β-unsaturated/α-hetero) is 2. The maximum absolute atomic E-state index is 13.8. The molecule has 0 fully saturated rings. The van der Waals surface area contributed by atoms with Crippen LogP contribution in [0.1, 0.15) is 43.5 Å². The number of aryl methyl sites for hydroxylation is 2. The predicted molar refractivity (Wildman–Crippen MR) is 136 cm³/mol. The van der Waals surface area contributed by atoms with Crippen molar-refractivity contribution in [3.63, 3.8) is 0 Å². The summed E-state index contributed by atoms with van der Waals surface area (Å²) in [4.78, 5) is 53.0. The number of anilines is 1. The third-order valence-electron chi connectivity index (χ3n) is 6.61. The van der Waals surface area contributed by atoms with E-state index in [1.54, 1.807) is 54.6 Å². The molecule has 1 aliphatic heterocycles. The van der Waals surface area contributed by atoms with Gasteiger partial charge in [0.25, 0.3) is 5.91 Å². The number of benzene rings is 4. The van der Waals surface area contributed by atoms with Crippen LogP contribution in [0.3, 0.4) is 0 Å². The number of nitrogens with one attached hydrogen (secondary N) is 1. The van der Waals surface area contributed by atoms with Crippen molar-refractivity contribution in [2.45, 2.75) is 20.0 Å². The van der Waals surface area contributed by atoms with E-state index in [9.17, 15) is 19.2 Å². The summed E-state index contributed by atoms with van der Waals surface area (Å²) < 4.78 is 5.52. The van der Waals surface area contributed by atoms with Crippen LogP contribution in [0.4, 0.5) is 5.69 Å². The summed E-state index contributed by atoms with van der Waals surface area (Å²) >= 11 is 0. The van der Waals surface area contributed by atoms with Crippen molar-refractivity contribution in [1.82, 2.24) is 0 Å². The lowest BCUT2D eigenvalue weighted by atomic mass is 9.84. The lowest BCUT2D eigenvalue weighted by molar-refractivity contribution is -0.138. The molecule has 1 aliphatic rings. The van der Waals surface area contributed by atoms with Gasteiger partial charge < -0.3 is 10.1 Å². The molecule has 6 heteroatoms. The molecule has 36 heavy (non-hydrogen) atoms. The summed E-state index contributed by atoms with van der Waals surface area (Å²) in [5.41, 5.74) is 3.37. The Kier molecular flexibility index (Phi) is 5.94. The second-order valence-corrected chi connectivity index (χ2v) is 8.93. The van der Waals surface area contributed by atoms with Gasteiger partial charge in [-0.2, -0.15) is 0 Å². The first-order valence-electron chi connectivity index (χ1n) is 11.6. The molecule has 0 spiro atoms. The molecule has 0 radical (unpaired) electrons. The van der Waals surface area contributed by atoms with E-state index in [4.69, 9.17) is 4.74 Å². The Balaban J connectivity index is 1.54. The van der Waals surface area contributed by atoms with Crippen LogP contribution in [0.15, 0.2) is 84.9 Å². The molecular weight excluding hydrogens is 454 g/mol. The molecule has 4 aromatic rings. The van der Waals surface area contributed by atoms with Crippen molar-refractivity contribution in [1.29, 1.82) is 0 Å². The Labute approximate surface area is 207 Å². The molecule has 5 rings (SSSR count). The summed E-state index contributed by atoms with van der Waals surface area (Å²) in [6.07, 6.45) is -1.20. The molecule has 178 valence electrons. The van der Waals surface area contributed by atoms with E-state index in [1.165, 1.54) is 0 Å². The lowest BCUT2D eigenvalue weighted by Gasteiger charge is -2.21. The number of carbonyl (C=O) groups is 4. The Morgan fingerprint density at radius 1 is 0.806 bits per heavy atom. The Hall–Kier alpha value is -4.58. The van der Waals surface area contributed by atoms with Gasteiger partial charge >= 0.3 is 5.97 Å². The maximum atomic E-state index is 13.8. The number of hydrogen-bond acceptors (Lipinski definition) is 5. The third kappa shape index (κ3) is 4.18. The van der Waals surface area contributed by atoms with Gasteiger partial charge in [-0.05, 0) is 60.0 Å². The predicted octanol–water partition coefficient (Wildman–Crippen LogP) is 5.38. The van der Waals surface area contributed by atoms with Gasteiger partial charge in [0.1, 0.15) is 12.0 Å². The van der Waals surface area contributed by atoms with Crippen molar-refractivity contribution in [3.8, 4) is 0 Å². The van der Waals surface area contributed by atoms with Gasteiger partial charge in [-0.1, -0.05) is 60.7 Å². The van der Waals surface area contributed by atoms with Gasteiger partial charge in [0.2, 0.25) is 5.78 Å². The standard InChI is InChI=1S/C30H23NO5/c1-17-11-14-22(15-18(17)2)31-29(34)27(33)25(28-23-9-5-6-10-24(23)30(35)36-28)26(32)21-13-12-19-7-3-4-8-20(19)16-21/h3-16,25,28H,1-2H3,(H,31,34)/t25-,28-/m1/s1. The quantitative estimate of drug-likeness (QED) is 0.174. The lowest BCUT2D eigenvalue weighted by Crippen LogP contribution is -2.38. The summed E-state index contributed by atoms with van der Waals surface area (Å²) in [5, 5.41) is 4.35. The van der Waals surface area contributed by atoms with Crippen molar-refractivity contribution in [2.24, 2.45) is 5.92 Å². The van der Waals surface area contributed by atoms with Gasteiger partial charge in [-0.3, -0.25) is 14.4 Å². The Morgan fingerprint density at radius 3 is 2.31 bits per heavy atom. The normalized spacial score (nSPS) is 15.2. The number of ether oxygens (including phenoxy) is 1. The first kappa shape index (κ1) is 23.2. The van der Waals surface area contributed by atoms with Crippen LogP contribution in [0.5, 0.6) is 0 Å². The van der Waals surface area contributed by atoms with Crippen LogP contribution in [-0.4, -0.2) is 23.4 Å². The topological polar surface area (TPSA) is 89.5 Å². The van der Waals surface area contributed by atoms with E-state index in [-0.39, 0.29) is 11.1 Å². The minimum absolute atomic E-state index is 0.256. The third-order valence-corrected chi connectivity index (χ3v) is 6.61. The molecule has 1 heterocycles. The highest BCUT2D eigenvalue weighted by molar-refractivity contribution is 6.45. The van der Waals surface area contributed by atoms with Crippen molar-refractivity contribution in [2.75, 3.05) is 5.32 Å². The average Bonchev–Trinajstić information content (AvgIpc) is 3.22. The molecule has 4 aromatic carbocycles. The van der Waals surface area contributed by atoms with Crippen LogP contribution in [0.25, 0.3) is 10.8 Å². The van der Waals surface area contributed by atoms with E-state index in [2.05, 4.69) is 5.32 Å². The average molecular weight is 478 g/mol. The highest BCUT2D eigenvalue weighted by Gasteiger charge is 2.46. The second kappa shape index (κ2) is 9.23. The van der Waals surface area contributed by atoms with E-state index < -0.39 is 35.5 Å². The molecule has 0 saturated carbocycles. The second-order valence-electron chi connectivity index (χ2n) is 8.93. The minimum atomic E-state index is -1.54. The molecule has 6 nitrogen and oxygen atoms in total. The van der Waals surface area contributed by atoms with E-state index in [0.717, 1.165) is 21.9 Å². The number of esters is 1. The number of cyclic esters (lactones) is 1. The van der Waals surface area contributed by atoms with Crippen LogP contribution in [0, 0.1) is 19.8 Å². The molecule has 2 atom stereocenters. The van der Waals surface area contributed by atoms with Crippen molar-refractivity contribution < 1.29 is 23.9 Å². The van der Waals surface area contributed by atoms with E-state index in [1.807, 2.05) is 44.2 Å². The molecule has 0 bridgehead atoms. The van der Waals surface area contributed by atoms with Gasteiger partial charge in [0.15, 0.2) is 5.78 Å². The number of ketones is 2. The Bertz CT molecular complexity index is 1550. The summed E-state index contributed by atoms with van der Waals surface area (Å²) in [6, 6.07) is 24.5. The fraction of sp³-hybridized carbons (Fsp3) is 0.133. The number of carbonyl (C=O) groups excluding carboxylic acids is 4. The Morgan fingerprint density at radius 2 is 1.53 bits per heavy atom. The molecule has 0 aromatic heterocycles. The molecule has 0 unspecified atom stereocenters. The van der Waals surface area contributed by atoms with E-state index >= 15 is 0 Å². The van der Waals surface area contributed by atoms with Crippen LogP contribution in [0.2, 0.25) is 0 Å². The molecule has 1 N–H and O–H groups in total. The molecule has 0 saturated heterocycles. The molecular formula is C30H23NO5. The first-order valence-corrected chi connectivity index (χ1v) is 11.6. The fourth-order valence-corrected chi connectivity index (χ4v) is 4.49. The SMILES string of the molecule is Cc1ccc(NC(=O)C(=O)[C@@H](C(=O)c2ccc3ccccc3c2)[C@@H]2OC(=O)c3ccccc32)cc1C. The van der Waals surface area contributed by atoms with Gasteiger partial charge in [0, 0.05) is 16.8 Å². The molecule has 1 amide bonds. The zero-order valence-electron chi connectivity index (χ0n) is 19.8. The van der Waals surface area contributed by atoms with Gasteiger partial charge in [0.05, 0.1) is 5.56 Å². The summed E-state index contributed by atoms with van der Waals surface area (Å²) in [5.74, 6) is -4.67. The van der Waals surface area contributed by atoms with Crippen LogP contribution < -0.4 is 5.32 Å². The number of fused-ring (bicyclic) bond motifs is 2. The molecule has 0 aliphatic carbocycles. The summed E-state index contributed by atoms with van der Waals surface area (Å²) in [7, 11) is 0. The first-order chi connectivity index (χ1) is 17.3. The number of amides is 1. The van der Waals surface area contributed by atoms with Crippen LogP contribution in [-0.2, 0) is 14.3 Å². The fourth-order valence-electron chi connectivity index (χ4n) is 4.49. The number of rotatable bonds is 6. The highest BCUT2D eigenvalue weighted by Crippen LogP contribution is 2.38. The largest absolute Gasteiger partial charge is 0.453 e. The number of hydrogen-bond donors (Lipinski definition) is 1.